The van der Waals surface area contributed by atoms with Gasteiger partial charge in [0.25, 0.3) is 5.91 Å². The van der Waals surface area contributed by atoms with Crippen LogP contribution < -0.4 is 20.7 Å². The Labute approximate surface area is 233 Å². The fraction of sp³-hybridized carbons (Fsp3) is 0.448. The van der Waals surface area contributed by atoms with Crippen LogP contribution in [0, 0.1) is 18.8 Å². The first kappa shape index (κ1) is 28.7. The van der Waals surface area contributed by atoms with Crippen LogP contribution in [0.25, 0.3) is 0 Å². The van der Waals surface area contributed by atoms with Crippen LogP contribution >= 0.6 is 0 Å². The average molecular weight is 552 g/mol. The van der Waals surface area contributed by atoms with E-state index in [0.717, 1.165) is 18.4 Å². The molecule has 11 nitrogen and oxygen atoms in total. The van der Waals surface area contributed by atoms with E-state index in [1.54, 1.807) is 28.0 Å². The second-order valence-corrected chi connectivity index (χ2v) is 10.3. The average Bonchev–Trinajstić information content (AvgIpc) is 2.97. The SMILES string of the molecule is COc1cc(C(=O)N2CCC(CNC(=O)N3CCC(C(=O)O)CC3)CC2)ccc1NC(=O)Nc1ccccc1C. The Morgan fingerprint density at radius 1 is 0.900 bits per heavy atom. The van der Waals surface area contributed by atoms with Gasteiger partial charge >= 0.3 is 18.0 Å². The van der Waals surface area contributed by atoms with E-state index in [1.165, 1.54) is 7.11 Å². The lowest BCUT2D eigenvalue weighted by molar-refractivity contribution is -0.143. The van der Waals surface area contributed by atoms with E-state index in [4.69, 9.17) is 9.84 Å². The summed E-state index contributed by atoms with van der Waals surface area (Å²) in [4.78, 5) is 52.8. The summed E-state index contributed by atoms with van der Waals surface area (Å²) in [7, 11) is 1.49. The van der Waals surface area contributed by atoms with Crippen LogP contribution in [0.3, 0.4) is 0 Å². The first-order chi connectivity index (χ1) is 19.2. The zero-order valence-corrected chi connectivity index (χ0v) is 22.9. The lowest BCUT2D eigenvalue weighted by Crippen LogP contribution is -2.47. The van der Waals surface area contributed by atoms with Gasteiger partial charge in [0, 0.05) is 44.0 Å². The molecule has 0 unspecified atom stereocenters. The number of aryl methyl sites for hydroxylation is 1. The Morgan fingerprint density at radius 3 is 2.20 bits per heavy atom. The minimum absolute atomic E-state index is 0.113. The summed E-state index contributed by atoms with van der Waals surface area (Å²) in [6.07, 6.45) is 2.49. The highest BCUT2D eigenvalue weighted by atomic mass is 16.5. The van der Waals surface area contributed by atoms with Gasteiger partial charge in [-0.2, -0.15) is 0 Å². The van der Waals surface area contributed by atoms with Crippen molar-refractivity contribution in [1.82, 2.24) is 15.1 Å². The van der Waals surface area contributed by atoms with Crippen LogP contribution in [0.1, 0.15) is 41.6 Å². The van der Waals surface area contributed by atoms with Gasteiger partial charge in [0.1, 0.15) is 5.75 Å². The van der Waals surface area contributed by atoms with Crippen molar-refractivity contribution in [3.05, 3.63) is 53.6 Å². The maximum absolute atomic E-state index is 13.2. The summed E-state index contributed by atoms with van der Waals surface area (Å²) >= 11 is 0. The molecular formula is C29H37N5O6. The van der Waals surface area contributed by atoms with Crippen LogP contribution in [0.4, 0.5) is 21.0 Å². The number of carbonyl (C=O) groups excluding carboxylic acids is 3. The Bertz CT molecular complexity index is 1240. The number of urea groups is 2. The molecule has 2 aliphatic heterocycles. The van der Waals surface area contributed by atoms with Gasteiger partial charge < -0.3 is 35.6 Å². The minimum atomic E-state index is -0.797. The van der Waals surface area contributed by atoms with E-state index >= 15 is 0 Å². The van der Waals surface area contributed by atoms with Crippen molar-refractivity contribution in [1.29, 1.82) is 0 Å². The largest absolute Gasteiger partial charge is 0.495 e. The highest BCUT2D eigenvalue weighted by Crippen LogP contribution is 2.28. The molecule has 0 aromatic heterocycles. The molecule has 0 atom stereocenters. The number of amides is 5. The Hall–Kier alpha value is -4.28. The summed E-state index contributed by atoms with van der Waals surface area (Å²) in [6.45, 7) is 4.48. The number of nitrogens with one attached hydrogen (secondary N) is 3. The van der Waals surface area contributed by atoms with Gasteiger partial charge in [-0.05, 0) is 68.4 Å². The number of methoxy groups -OCH3 is 1. The molecule has 40 heavy (non-hydrogen) atoms. The summed E-state index contributed by atoms with van der Waals surface area (Å²) in [6, 6.07) is 11.9. The molecule has 0 spiro atoms. The summed E-state index contributed by atoms with van der Waals surface area (Å²) in [5, 5.41) is 17.7. The predicted octanol–water partition coefficient (Wildman–Crippen LogP) is 4.01. The quantitative estimate of drug-likeness (QED) is 0.410. The molecule has 5 amide bonds. The number of para-hydroxylation sites is 1. The molecule has 0 bridgehead atoms. The second-order valence-electron chi connectivity index (χ2n) is 10.3. The van der Waals surface area contributed by atoms with Crippen molar-refractivity contribution in [2.24, 2.45) is 11.8 Å². The number of carboxylic acids is 1. The zero-order chi connectivity index (χ0) is 28.6. The first-order valence-electron chi connectivity index (χ1n) is 13.6. The number of ether oxygens (including phenoxy) is 1. The smallest absolute Gasteiger partial charge is 0.323 e. The van der Waals surface area contributed by atoms with Gasteiger partial charge in [-0.15, -0.1) is 0 Å². The number of piperidine rings is 2. The lowest BCUT2D eigenvalue weighted by Gasteiger charge is -2.34. The van der Waals surface area contributed by atoms with E-state index in [-0.39, 0.29) is 23.8 Å². The molecule has 2 heterocycles. The number of rotatable bonds is 7. The first-order valence-corrected chi connectivity index (χ1v) is 13.6. The van der Waals surface area contributed by atoms with Crippen LogP contribution in [0.15, 0.2) is 42.5 Å². The highest BCUT2D eigenvalue weighted by Gasteiger charge is 2.28. The molecule has 2 aliphatic rings. The molecule has 2 aromatic carbocycles. The fourth-order valence-electron chi connectivity index (χ4n) is 5.11. The minimum Gasteiger partial charge on any atom is -0.495 e. The Kier molecular flexibility index (Phi) is 9.47. The number of carbonyl (C=O) groups is 4. The normalized spacial score (nSPS) is 16.2. The summed E-state index contributed by atoms with van der Waals surface area (Å²) in [5.74, 6) is -0.637. The third kappa shape index (κ3) is 7.22. The van der Waals surface area contributed by atoms with Gasteiger partial charge in [-0.3, -0.25) is 9.59 Å². The van der Waals surface area contributed by atoms with Crippen molar-refractivity contribution in [3.8, 4) is 5.75 Å². The number of likely N-dealkylation sites (tertiary alicyclic amines) is 2. The van der Waals surface area contributed by atoms with E-state index < -0.39 is 12.0 Å². The van der Waals surface area contributed by atoms with E-state index in [9.17, 15) is 19.2 Å². The predicted molar refractivity (Wildman–Crippen MR) is 151 cm³/mol. The van der Waals surface area contributed by atoms with Crippen LogP contribution in [-0.4, -0.2) is 78.7 Å². The maximum Gasteiger partial charge on any atom is 0.323 e. The van der Waals surface area contributed by atoms with Gasteiger partial charge in [-0.1, -0.05) is 18.2 Å². The van der Waals surface area contributed by atoms with Crippen molar-refractivity contribution in [2.45, 2.75) is 32.6 Å². The number of aliphatic carboxylic acids is 1. The van der Waals surface area contributed by atoms with Gasteiger partial charge in [0.05, 0.1) is 18.7 Å². The van der Waals surface area contributed by atoms with E-state index in [2.05, 4.69) is 16.0 Å². The van der Waals surface area contributed by atoms with Crippen molar-refractivity contribution < 1.29 is 29.0 Å². The monoisotopic (exact) mass is 551 g/mol. The van der Waals surface area contributed by atoms with Gasteiger partial charge in [-0.25, -0.2) is 9.59 Å². The van der Waals surface area contributed by atoms with E-state index in [1.807, 2.05) is 31.2 Å². The fourth-order valence-corrected chi connectivity index (χ4v) is 5.11. The van der Waals surface area contributed by atoms with Gasteiger partial charge in [0.15, 0.2) is 0 Å². The Balaban J connectivity index is 1.24. The number of nitrogens with zero attached hydrogens (tertiary/aromatic N) is 2. The molecule has 214 valence electrons. The number of hydrogen-bond acceptors (Lipinski definition) is 5. The van der Waals surface area contributed by atoms with Gasteiger partial charge in [0.2, 0.25) is 0 Å². The topological polar surface area (TPSA) is 140 Å². The molecule has 2 fully saturated rings. The van der Waals surface area contributed by atoms with E-state index in [0.29, 0.717) is 68.3 Å². The van der Waals surface area contributed by atoms with Crippen molar-refractivity contribution in [2.75, 3.05) is 50.5 Å². The maximum atomic E-state index is 13.2. The number of carboxylic acid groups (broad SMARTS) is 1. The van der Waals surface area contributed by atoms with Crippen molar-refractivity contribution >= 4 is 35.3 Å². The molecule has 4 rings (SSSR count). The van der Waals surface area contributed by atoms with Crippen molar-refractivity contribution in [3.63, 3.8) is 0 Å². The molecule has 0 saturated carbocycles. The number of benzene rings is 2. The molecule has 0 radical (unpaired) electrons. The summed E-state index contributed by atoms with van der Waals surface area (Å²) in [5.41, 5.74) is 2.56. The third-order valence-corrected chi connectivity index (χ3v) is 7.67. The molecule has 0 aliphatic carbocycles. The molecular weight excluding hydrogens is 514 g/mol. The molecule has 11 heteroatoms. The van der Waals surface area contributed by atoms with Crippen LogP contribution in [0.5, 0.6) is 5.75 Å². The number of hydrogen-bond donors (Lipinski definition) is 4. The highest BCUT2D eigenvalue weighted by molar-refractivity contribution is 6.02. The third-order valence-electron chi connectivity index (χ3n) is 7.67. The number of anilines is 2. The lowest BCUT2D eigenvalue weighted by atomic mass is 9.96. The zero-order valence-electron chi connectivity index (χ0n) is 22.9. The standard InChI is InChI=1S/C29H37N5O6/c1-19-5-3-4-6-23(19)31-28(38)32-24-8-7-22(17-25(24)40-2)26(35)33-13-9-20(10-14-33)18-30-29(39)34-15-11-21(12-16-34)27(36)37/h3-8,17,20-21H,9-16,18H2,1-2H3,(H,30,39)(H,36,37)(H2,31,32,38). The Morgan fingerprint density at radius 2 is 1.55 bits per heavy atom. The molecule has 4 N–H and O–H groups in total. The second kappa shape index (κ2) is 13.2. The van der Waals surface area contributed by atoms with Crippen LogP contribution in [-0.2, 0) is 4.79 Å². The molecule has 2 saturated heterocycles. The van der Waals surface area contributed by atoms with Crippen LogP contribution in [0.2, 0.25) is 0 Å². The molecule has 2 aromatic rings. The summed E-state index contributed by atoms with van der Waals surface area (Å²) < 4.78 is 5.45.